The van der Waals surface area contributed by atoms with Crippen molar-refractivity contribution in [2.75, 3.05) is 18.6 Å². The largest absolute Gasteiger partial charge is 0.310 e. The van der Waals surface area contributed by atoms with Crippen LogP contribution in [0.1, 0.15) is 36.9 Å². The van der Waals surface area contributed by atoms with E-state index in [4.69, 9.17) is 5.26 Å². The minimum Gasteiger partial charge on any atom is -0.310 e. The lowest BCUT2D eigenvalue weighted by molar-refractivity contribution is 0.555. The molecule has 0 bridgehead atoms. The zero-order valence-electron chi connectivity index (χ0n) is 10.6. The maximum absolute atomic E-state index is 8.84. The summed E-state index contributed by atoms with van der Waals surface area (Å²) >= 11 is 1.90. The van der Waals surface area contributed by atoms with Gasteiger partial charge in [-0.05, 0) is 56.0 Å². The first-order valence-corrected chi connectivity index (χ1v) is 7.39. The third kappa shape index (κ3) is 5.25. The maximum Gasteiger partial charge on any atom is 0.0991 e. The van der Waals surface area contributed by atoms with Crippen molar-refractivity contribution in [2.24, 2.45) is 0 Å². The second kappa shape index (κ2) is 8.16. The number of nitrogens with zero attached hydrogens (tertiary/aromatic N) is 1. The molecule has 92 valence electrons. The van der Waals surface area contributed by atoms with Gasteiger partial charge in [-0.3, -0.25) is 0 Å². The van der Waals surface area contributed by atoms with Crippen molar-refractivity contribution >= 4 is 11.8 Å². The van der Waals surface area contributed by atoms with Crippen molar-refractivity contribution in [3.05, 3.63) is 35.4 Å². The van der Waals surface area contributed by atoms with E-state index < -0.39 is 0 Å². The number of nitriles is 1. The van der Waals surface area contributed by atoms with Crippen molar-refractivity contribution in [3.8, 4) is 6.07 Å². The lowest BCUT2D eigenvalue weighted by Crippen LogP contribution is -2.20. The highest BCUT2D eigenvalue weighted by molar-refractivity contribution is 7.98. The molecule has 0 aliphatic rings. The molecule has 1 aromatic rings. The van der Waals surface area contributed by atoms with Crippen LogP contribution in [0.2, 0.25) is 0 Å². The van der Waals surface area contributed by atoms with Crippen LogP contribution in [0.25, 0.3) is 0 Å². The highest BCUT2D eigenvalue weighted by Crippen LogP contribution is 2.13. The first-order valence-electron chi connectivity index (χ1n) is 6.00. The Morgan fingerprint density at radius 1 is 1.41 bits per heavy atom. The Kier molecular flexibility index (Phi) is 6.76. The lowest BCUT2D eigenvalue weighted by atomic mass is 10.1. The molecule has 0 aliphatic heterocycles. The van der Waals surface area contributed by atoms with Gasteiger partial charge < -0.3 is 5.32 Å². The Balaban J connectivity index is 2.36. The van der Waals surface area contributed by atoms with E-state index in [0.717, 1.165) is 12.1 Å². The minimum absolute atomic E-state index is 0.317. The minimum atomic E-state index is 0.317. The molecule has 1 unspecified atom stereocenters. The first kappa shape index (κ1) is 14.1. The molecule has 3 heteroatoms. The molecule has 1 atom stereocenters. The quantitative estimate of drug-likeness (QED) is 0.752. The van der Waals surface area contributed by atoms with Crippen LogP contribution in [0, 0.1) is 11.3 Å². The predicted octanol–water partition coefficient (Wildman–Crippen LogP) is 3.35. The normalized spacial score (nSPS) is 12.1. The number of benzene rings is 1. The molecule has 0 saturated carbocycles. The molecular formula is C14H20N2S. The van der Waals surface area contributed by atoms with Gasteiger partial charge in [-0.2, -0.15) is 17.0 Å². The van der Waals surface area contributed by atoms with E-state index in [0.29, 0.717) is 6.04 Å². The summed E-state index contributed by atoms with van der Waals surface area (Å²) in [5.74, 6) is 1.24. The van der Waals surface area contributed by atoms with Crippen molar-refractivity contribution in [3.63, 3.8) is 0 Å². The summed E-state index contributed by atoms with van der Waals surface area (Å²) in [7, 11) is 0. The van der Waals surface area contributed by atoms with Gasteiger partial charge in [0.25, 0.3) is 0 Å². The molecule has 2 nitrogen and oxygen atoms in total. The summed E-state index contributed by atoms with van der Waals surface area (Å²) in [5, 5.41) is 12.3. The third-order valence-corrected chi connectivity index (χ3v) is 3.44. The third-order valence-electron chi connectivity index (χ3n) is 2.74. The van der Waals surface area contributed by atoms with E-state index in [2.05, 4.69) is 30.6 Å². The molecule has 1 N–H and O–H groups in total. The second-order valence-corrected chi connectivity index (χ2v) is 5.10. The monoisotopic (exact) mass is 248 g/mol. The highest BCUT2D eigenvalue weighted by atomic mass is 32.2. The van der Waals surface area contributed by atoms with Gasteiger partial charge in [0.2, 0.25) is 0 Å². The molecule has 0 heterocycles. The van der Waals surface area contributed by atoms with Crippen molar-refractivity contribution in [1.82, 2.24) is 5.32 Å². The van der Waals surface area contributed by atoms with Gasteiger partial charge in [0.15, 0.2) is 0 Å². The Morgan fingerprint density at radius 2 is 2.24 bits per heavy atom. The fourth-order valence-corrected chi connectivity index (χ4v) is 2.18. The molecule has 0 saturated heterocycles. The molecule has 1 aromatic carbocycles. The average Bonchev–Trinajstić information content (AvgIpc) is 2.38. The topological polar surface area (TPSA) is 35.8 Å². The van der Waals surface area contributed by atoms with Crippen LogP contribution in [0.3, 0.4) is 0 Å². The Labute approximate surface area is 108 Å². The van der Waals surface area contributed by atoms with Crippen LogP contribution in [0.5, 0.6) is 0 Å². The van der Waals surface area contributed by atoms with Crippen LogP contribution >= 0.6 is 11.8 Å². The number of hydrogen-bond donors (Lipinski definition) is 1. The van der Waals surface area contributed by atoms with Gasteiger partial charge in [0, 0.05) is 6.04 Å². The number of nitrogens with one attached hydrogen (secondary N) is 1. The van der Waals surface area contributed by atoms with E-state index in [1.54, 1.807) is 0 Å². The van der Waals surface area contributed by atoms with Crippen molar-refractivity contribution in [1.29, 1.82) is 5.26 Å². The van der Waals surface area contributed by atoms with Gasteiger partial charge >= 0.3 is 0 Å². The smallest absolute Gasteiger partial charge is 0.0991 e. The van der Waals surface area contributed by atoms with Gasteiger partial charge in [-0.15, -0.1) is 0 Å². The van der Waals surface area contributed by atoms with E-state index in [-0.39, 0.29) is 0 Å². The average molecular weight is 248 g/mol. The summed E-state index contributed by atoms with van der Waals surface area (Å²) in [6.45, 7) is 3.18. The summed E-state index contributed by atoms with van der Waals surface area (Å²) in [6, 6.07) is 10.3. The molecule has 1 rings (SSSR count). The van der Waals surface area contributed by atoms with E-state index in [1.165, 1.54) is 24.2 Å². The molecule has 0 aliphatic carbocycles. The summed E-state index contributed by atoms with van der Waals surface area (Å²) in [5.41, 5.74) is 1.92. The van der Waals surface area contributed by atoms with Crippen LogP contribution in [0.15, 0.2) is 24.3 Å². The van der Waals surface area contributed by atoms with Crippen molar-refractivity contribution < 1.29 is 0 Å². The van der Waals surface area contributed by atoms with Crippen molar-refractivity contribution in [2.45, 2.75) is 25.8 Å². The Hall–Kier alpha value is -0.980. The molecule has 17 heavy (non-hydrogen) atoms. The zero-order valence-corrected chi connectivity index (χ0v) is 11.4. The van der Waals surface area contributed by atoms with Crippen LogP contribution in [0.4, 0.5) is 0 Å². The fourth-order valence-electron chi connectivity index (χ4n) is 1.69. The van der Waals surface area contributed by atoms with Crippen LogP contribution in [-0.4, -0.2) is 18.6 Å². The molecule has 0 fully saturated rings. The van der Waals surface area contributed by atoms with Gasteiger partial charge in [-0.25, -0.2) is 0 Å². The molecule has 0 radical (unpaired) electrons. The lowest BCUT2D eigenvalue weighted by Gasteiger charge is -2.14. The number of unbranched alkanes of at least 4 members (excludes halogenated alkanes) is 1. The van der Waals surface area contributed by atoms with Crippen LogP contribution in [-0.2, 0) is 0 Å². The van der Waals surface area contributed by atoms with Gasteiger partial charge in [0.1, 0.15) is 0 Å². The van der Waals surface area contributed by atoms with E-state index >= 15 is 0 Å². The highest BCUT2D eigenvalue weighted by Gasteiger charge is 2.04. The molecular weight excluding hydrogens is 228 g/mol. The predicted molar refractivity (Wildman–Crippen MR) is 75.2 cm³/mol. The molecule has 0 spiro atoms. The summed E-state index contributed by atoms with van der Waals surface area (Å²) in [4.78, 5) is 0. The number of hydrogen-bond acceptors (Lipinski definition) is 3. The number of thioether (sulfide) groups is 1. The Bertz CT molecular complexity index is 371. The Morgan fingerprint density at radius 3 is 2.94 bits per heavy atom. The summed E-state index contributed by atoms with van der Waals surface area (Å²) < 4.78 is 0. The van der Waals surface area contributed by atoms with E-state index in [1.807, 2.05) is 30.0 Å². The first-order chi connectivity index (χ1) is 8.27. The summed E-state index contributed by atoms with van der Waals surface area (Å²) in [6.07, 6.45) is 4.62. The van der Waals surface area contributed by atoms with Crippen LogP contribution < -0.4 is 5.32 Å². The molecule has 0 aromatic heterocycles. The number of rotatable bonds is 7. The van der Waals surface area contributed by atoms with E-state index in [9.17, 15) is 0 Å². The molecule has 0 amide bonds. The van der Waals surface area contributed by atoms with Gasteiger partial charge in [-0.1, -0.05) is 12.1 Å². The standard InChI is InChI=1S/C14H20N2S/c1-12(16-8-3-4-9-17-2)14-7-5-6-13(10-14)11-15/h5-7,10,12,16H,3-4,8-9H2,1-2H3. The maximum atomic E-state index is 8.84. The SMILES string of the molecule is CSCCCCNC(C)c1cccc(C#N)c1. The van der Waals surface area contributed by atoms with Gasteiger partial charge in [0.05, 0.1) is 11.6 Å². The fraction of sp³-hybridized carbons (Fsp3) is 0.500. The second-order valence-electron chi connectivity index (χ2n) is 4.11. The zero-order chi connectivity index (χ0) is 12.5.